The quantitative estimate of drug-likeness (QED) is 0.533. The molecule has 32 heavy (non-hydrogen) atoms. The first-order chi connectivity index (χ1) is 15.2. The van der Waals surface area contributed by atoms with Gasteiger partial charge in [0.2, 0.25) is 0 Å². The standard InChI is InChI=1S/C25H29ClN2O4/c1-4-15-28(18(3)20-8-5-9-21(26)16-20)25(32)23(30)22(29)24(31)27-14-6-7-19-12-10-17(2)11-13-19/h5,8-13,16,18,22-23,29-30H,4,14-15H2,1-3H3,(H,27,31)/t18?,22-,23-/m1/s1. The summed E-state index contributed by atoms with van der Waals surface area (Å²) in [4.78, 5) is 26.6. The fraction of sp³-hybridized carbons (Fsp3) is 0.360. The number of nitrogens with zero attached hydrogens (tertiary/aromatic N) is 1. The lowest BCUT2D eigenvalue weighted by molar-refractivity contribution is -0.154. The van der Waals surface area contributed by atoms with E-state index in [9.17, 15) is 19.8 Å². The highest BCUT2D eigenvalue weighted by molar-refractivity contribution is 6.30. The fourth-order valence-corrected chi connectivity index (χ4v) is 3.35. The van der Waals surface area contributed by atoms with Gasteiger partial charge < -0.3 is 20.4 Å². The highest BCUT2D eigenvalue weighted by atomic mass is 35.5. The number of halogens is 1. The van der Waals surface area contributed by atoms with E-state index >= 15 is 0 Å². The van der Waals surface area contributed by atoms with E-state index in [0.717, 1.165) is 16.7 Å². The molecule has 2 aromatic carbocycles. The van der Waals surface area contributed by atoms with E-state index in [0.29, 0.717) is 18.0 Å². The Hall–Kier alpha value is -2.85. The summed E-state index contributed by atoms with van der Waals surface area (Å²) in [6.07, 6.45) is -3.16. The Morgan fingerprint density at radius 1 is 1.12 bits per heavy atom. The van der Waals surface area contributed by atoms with Crippen LogP contribution in [0, 0.1) is 18.8 Å². The van der Waals surface area contributed by atoms with Crippen molar-refractivity contribution >= 4 is 23.4 Å². The maximum Gasteiger partial charge on any atom is 0.255 e. The third kappa shape index (κ3) is 7.10. The topological polar surface area (TPSA) is 89.9 Å². The third-order valence-electron chi connectivity index (χ3n) is 5.00. The lowest BCUT2D eigenvalue weighted by Gasteiger charge is -2.32. The Bertz CT molecular complexity index is 981. The zero-order chi connectivity index (χ0) is 23.7. The van der Waals surface area contributed by atoms with Crippen molar-refractivity contribution in [2.75, 3.05) is 13.1 Å². The number of hydrogen-bond donors (Lipinski definition) is 3. The summed E-state index contributed by atoms with van der Waals surface area (Å²) >= 11 is 6.05. The first kappa shape index (κ1) is 25.4. The molecule has 0 saturated heterocycles. The zero-order valence-electron chi connectivity index (χ0n) is 18.5. The van der Waals surface area contributed by atoms with Crippen molar-refractivity contribution in [2.45, 2.75) is 45.4 Å². The molecule has 0 aromatic heterocycles. The second-order valence-electron chi connectivity index (χ2n) is 7.54. The molecule has 2 amide bonds. The Morgan fingerprint density at radius 3 is 2.44 bits per heavy atom. The number of aliphatic hydroxyl groups excluding tert-OH is 2. The average Bonchev–Trinajstić information content (AvgIpc) is 2.79. The fourth-order valence-electron chi connectivity index (χ4n) is 3.15. The number of amides is 2. The molecule has 3 N–H and O–H groups in total. The van der Waals surface area contributed by atoms with Gasteiger partial charge >= 0.3 is 0 Å². The Kier molecular flexibility index (Phi) is 9.73. The molecule has 2 rings (SSSR count). The molecule has 170 valence electrons. The van der Waals surface area contributed by atoms with Crippen molar-refractivity contribution in [3.63, 3.8) is 0 Å². The number of hydrogen-bond acceptors (Lipinski definition) is 4. The van der Waals surface area contributed by atoms with Crippen LogP contribution < -0.4 is 5.32 Å². The van der Waals surface area contributed by atoms with E-state index < -0.39 is 30.1 Å². The van der Waals surface area contributed by atoms with Crippen LogP contribution in [-0.4, -0.2) is 52.2 Å². The van der Waals surface area contributed by atoms with Crippen LogP contribution >= 0.6 is 11.6 Å². The van der Waals surface area contributed by atoms with Crippen molar-refractivity contribution in [3.05, 3.63) is 70.2 Å². The molecule has 0 fully saturated rings. The van der Waals surface area contributed by atoms with Crippen molar-refractivity contribution in [2.24, 2.45) is 0 Å². The smallest absolute Gasteiger partial charge is 0.255 e. The highest BCUT2D eigenvalue weighted by Crippen LogP contribution is 2.24. The van der Waals surface area contributed by atoms with Gasteiger partial charge in [-0.15, -0.1) is 0 Å². The third-order valence-corrected chi connectivity index (χ3v) is 5.24. The van der Waals surface area contributed by atoms with Gasteiger partial charge in [-0.2, -0.15) is 0 Å². The molecule has 0 saturated carbocycles. The summed E-state index contributed by atoms with van der Waals surface area (Å²) in [7, 11) is 0. The normalized spacial score (nSPS) is 13.3. The minimum absolute atomic E-state index is 0.0255. The van der Waals surface area contributed by atoms with E-state index in [1.165, 1.54) is 4.90 Å². The molecule has 0 spiro atoms. The van der Waals surface area contributed by atoms with Crippen LogP contribution in [0.4, 0.5) is 0 Å². The number of benzene rings is 2. The molecule has 7 heteroatoms. The average molecular weight is 457 g/mol. The Morgan fingerprint density at radius 2 is 1.81 bits per heavy atom. The van der Waals surface area contributed by atoms with Crippen molar-refractivity contribution < 1.29 is 19.8 Å². The van der Waals surface area contributed by atoms with Crippen LogP contribution in [0.5, 0.6) is 0 Å². The summed E-state index contributed by atoms with van der Waals surface area (Å²) in [5.74, 6) is 4.08. The van der Waals surface area contributed by atoms with Crippen LogP contribution in [0.2, 0.25) is 5.02 Å². The molecule has 0 aliphatic rings. The van der Waals surface area contributed by atoms with Crippen molar-refractivity contribution in [1.82, 2.24) is 10.2 Å². The van der Waals surface area contributed by atoms with Crippen LogP contribution in [0.15, 0.2) is 48.5 Å². The molecule has 0 radical (unpaired) electrons. The minimum atomic E-state index is -1.91. The predicted octanol–water partition coefficient (Wildman–Crippen LogP) is 2.84. The second kappa shape index (κ2) is 12.3. The van der Waals surface area contributed by atoms with Crippen molar-refractivity contribution in [1.29, 1.82) is 0 Å². The van der Waals surface area contributed by atoms with Gasteiger partial charge in [0.1, 0.15) is 0 Å². The number of carbonyl (C=O) groups is 2. The summed E-state index contributed by atoms with van der Waals surface area (Å²) in [6.45, 7) is 6.00. The number of rotatable bonds is 8. The van der Waals surface area contributed by atoms with Gasteiger partial charge in [-0.05, 0) is 50.1 Å². The molecule has 2 aromatic rings. The number of aliphatic hydroxyl groups is 2. The summed E-state index contributed by atoms with van der Waals surface area (Å²) in [6, 6.07) is 14.3. The molecule has 0 aliphatic carbocycles. The van der Waals surface area contributed by atoms with E-state index in [2.05, 4.69) is 17.2 Å². The lowest BCUT2D eigenvalue weighted by Crippen LogP contribution is -2.51. The lowest BCUT2D eigenvalue weighted by atomic mass is 10.0. The van der Waals surface area contributed by atoms with Crippen LogP contribution in [0.3, 0.4) is 0 Å². The predicted molar refractivity (Wildman–Crippen MR) is 125 cm³/mol. The zero-order valence-corrected chi connectivity index (χ0v) is 19.3. The van der Waals surface area contributed by atoms with Gasteiger partial charge in [0, 0.05) is 17.1 Å². The number of carbonyl (C=O) groups excluding carboxylic acids is 2. The summed E-state index contributed by atoms with van der Waals surface area (Å²) in [5, 5.41) is 23.6. The van der Waals surface area contributed by atoms with E-state index in [1.807, 2.05) is 44.2 Å². The monoisotopic (exact) mass is 456 g/mol. The first-order valence-corrected chi connectivity index (χ1v) is 10.9. The molecule has 0 aliphatic heterocycles. The summed E-state index contributed by atoms with van der Waals surface area (Å²) < 4.78 is 0. The maximum atomic E-state index is 12.9. The van der Waals surface area contributed by atoms with Gasteiger partial charge in [0.15, 0.2) is 12.2 Å². The first-order valence-electron chi connectivity index (χ1n) is 10.5. The molecular weight excluding hydrogens is 428 g/mol. The molecular formula is C25H29ClN2O4. The van der Waals surface area contributed by atoms with Gasteiger partial charge in [-0.3, -0.25) is 9.59 Å². The molecule has 0 bridgehead atoms. The van der Waals surface area contributed by atoms with Gasteiger partial charge in [0.25, 0.3) is 11.8 Å². The number of aryl methyl sites for hydroxylation is 1. The van der Waals surface area contributed by atoms with E-state index in [-0.39, 0.29) is 6.54 Å². The van der Waals surface area contributed by atoms with Crippen LogP contribution in [0.25, 0.3) is 0 Å². The van der Waals surface area contributed by atoms with Gasteiger partial charge in [0.05, 0.1) is 12.6 Å². The second-order valence-corrected chi connectivity index (χ2v) is 7.97. The van der Waals surface area contributed by atoms with Gasteiger partial charge in [-0.1, -0.05) is 60.2 Å². The van der Waals surface area contributed by atoms with Crippen LogP contribution in [-0.2, 0) is 9.59 Å². The Balaban J connectivity index is 2.00. The molecule has 6 nitrogen and oxygen atoms in total. The molecule has 3 atom stereocenters. The van der Waals surface area contributed by atoms with E-state index in [1.54, 1.807) is 25.1 Å². The largest absolute Gasteiger partial charge is 0.380 e. The maximum absolute atomic E-state index is 12.9. The molecule has 1 unspecified atom stereocenters. The van der Waals surface area contributed by atoms with Gasteiger partial charge in [-0.25, -0.2) is 0 Å². The van der Waals surface area contributed by atoms with E-state index in [4.69, 9.17) is 11.6 Å². The van der Waals surface area contributed by atoms with Crippen LogP contribution in [0.1, 0.15) is 43.0 Å². The SMILES string of the molecule is CCCN(C(=O)[C@H](O)[C@@H](O)C(=O)NCC#Cc1ccc(C)cc1)C(C)c1cccc(Cl)c1. The Labute approximate surface area is 194 Å². The highest BCUT2D eigenvalue weighted by Gasteiger charge is 2.35. The van der Waals surface area contributed by atoms with Crippen molar-refractivity contribution in [3.8, 4) is 11.8 Å². The molecule has 0 heterocycles. The summed E-state index contributed by atoms with van der Waals surface area (Å²) in [5.41, 5.74) is 2.70. The minimum Gasteiger partial charge on any atom is -0.380 e. The number of nitrogens with one attached hydrogen (secondary N) is 1.